The number of hydrogen-bond donors (Lipinski definition) is 0. The van der Waals surface area contributed by atoms with Gasteiger partial charge in [0.1, 0.15) is 0 Å². The van der Waals surface area contributed by atoms with Gasteiger partial charge in [-0.2, -0.15) is 0 Å². The van der Waals surface area contributed by atoms with Crippen LogP contribution in [0.1, 0.15) is 100 Å². The maximum absolute atomic E-state index is 6.78. The molecule has 6 rings (SSSR count). The summed E-state index contributed by atoms with van der Waals surface area (Å²) in [6.07, 6.45) is 9.63. The van der Waals surface area contributed by atoms with E-state index in [1.807, 2.05) is 0 Å². The third-order valence-electron chi connectivity index (χ3n) is 10.3. The molecular weight excluding hydrogens is 960 g/mol. The molecule has 6 aromatic rings. The average molecular weight is 1030 g/mol. The molecule has 10 heteroatoms. The Morgan fingerprint density at radius 2 is 0.690 bits per heavy atom. The van der Waals surface area contributed by atoms with Gasteiger partial charge in [0, 0.05) is 0 Å². The Balaban J connectivity index is 1.57. The Labute approximate surface area is 363 Å². The molecule has 3 atom stereocenters. The fraction of sp³-hybridized carbons (Fsp3) is 0.500. The van der Waals surface area contributed by atoms with Crippen LogP contribution in [0.3, 0.4) is 0 Å². The summed E-state index contributed by atoms with van der Waals surface area (Å²) in [5, 5.41) is 3.80. The van der Waals surface area contributed by atoms with Crippen LogP contribution in [0.5, 0.6) is 0 Å². The molecule has 0 aliphatic rings. The zero-order chi connectivity index (χ0) is 42.3. The topological polar surface area (TPSA) is 42.5 Å². The van der Waals surface area contributed by atoms with E-state index in [-0.39, 0.29) is 34.9 Å². The summed E-state index contributed by atoms with van der Waals surface area (Å²) in [5.41, 5.74) is 4.19. The van der Waals surface area contributed by atoms with E-state index in [1.165, 1.54) is 42.5 Å². The second-order valence-electron chi connectivity index (χ2n) is 20.5. The van der Waals surface area contributed by atoms with Crippen molar-refractivity contribution in [3.63, 3.8) is 0 Å². The van der Waals surface area contributed by atoms with E-state index in [4.69, 9.17) is 13.3 Å². The molecule has 0 bridgehead atoms. The molecule has 0 spiro atoms. The Kier molecular flexibility index (Phi) is 14.0. The first-order chi connectivity index (χ1) is 27.0. The van der Waals surface area contributed by atoms with Crippen molar-refractivity contribution in [2.45, 2.75) is 140 Å². The summed E-state index contributed by atoms with van der Waals surface area (Å²) >= 11 is -3.02. The molecule has 6 nitrogen and oxygen atoms in total. The minimum absolute atomic E-state index is 0.00425. The van der Waals surface area contributed by atoms with Crippen LogP contribution in [0.2, 0.25) is 39.3 Å². The summed E-state index contributed by atoms with van der Waals surface area (Å²) < 4.78 is 32.0. The van der Waals surface area contributed by atoms with E-state index >= 15 is 0 Å². The quantitative estimate of drug-likeness (QED) is 0.0963. The van der Waals surface area contributed by atoms with Gasteiger partial charge in [-0.05, 0) is 0 Å². The fourth-order valence-electron chi connectivity index (χ4n) is 8.01. The van der Waals surface area contributed by atoms with Crippen LogP contribution in [0.15, 0.2) is 91.4 Å². The van der Waals surface area contributed by atoms with E-state index < -0.39 is 48.9 Å². The van der Waals surface area contributed by atoms with Gasteiger partial charge < -0.3 is 0 Å². The summed E-state index contributed by atoms with van der Waals surface area (Å²) in [5.74, 6) is 0. The SMILES string of the molecule is C[Si](C)OC(CC(C)(C)C)n1ccc2cc[c]([Bi]([c]3ccc4ccn(C(CC(C)(C)C)O[Si](C)C)c4c3)[c]3ccc4ccn(C(CC(C)(C)C)O[Si](C)C)c4c3)cc21. The third kappa shape index (κ3) is 11.3. The predicted molar refractivity (Wildman–Crippen MR) is 255 cm³/mol. The zero-order valence-corrected chi connectivity index (χ0v) is 44.5. The van der Waals surface area contributed by atoms with Crippen LogP contribution in [-0.2, 0) is 13.3 Å². The summed E-state index contributed by atoms with van der Waals surface area (Å²) in [6.45, 7) is 34.4. The Bertz CT molecular complexity index is 2050. The van der Waals surface area contributed by atoms with Crippen molar-refractivity contribution in [3.8, 4) is 0 Å². The van der Waals surface area contributed by atoms with Crippen LogP contribution in [0, 0.1) is 16.2 Å². The van der Waals surface area contributed by atoms with Gasteiger partial charge in [-0.25, -0.2) is 0 Å². The standard InChI is InChI=1S/3C16H23NOSi.Bi/c3*1-16(2,3)12-15(18-19(4)5)17-11-10-13-8-6-7-9-14(13)17;/h3*6,8-11,15H,12H2,1-5H3;. The molecule has 58 heavy (non-hydrogen) atoms. The van der Waals surface area contributed by atoms with Crippen LogP contribution in [0.25, 0.3) is 32.7 Å². The van der Waals surface area contributed by atoms with Crippen molar-refractivity contribution < 1.29 is 13.3 Å². The van der Waals surface area contributed by atoms with Gasteiger partial charge in [-0.1, -0.05) is 0 Å². The van der Waals surface area contributed by atoms with Crippen molar-refractivity contribution in [2.75, 3.05) is 0 Å². The van der Waals surface area contributed by atoms with Gasteiger partial charge in [0.15, 0.2) is 0 Å². The molecule has 0 aliphatic carbocycles. The van der Waals surface area contributed by atoms with Crippen LogP contribution < -0.4 is 9.81 Å². The number of nitrogens with zero attached hydrogens (tertiary/aromatic N) is 3. The van der Waals surface area contributed by atoms with Gasteiger partial charge in [0.2, 0.25) is 0 Å². The first kappa shape index (κ1) is 45.2. The molecule has 0 saturated heterocycles. The van der Waals surface area contributed by atoms with E-state index in [0.29, 0.717) is 0 Å². The third-order valence-corrected chi connectivity index (χ3v) is 21.8. The van der Waals surface area contributed by atoms with Crippen molar-refractivity contribution in [1.29, 1.82) is 0 Å². The molecule has 3 aromatic carbocycles. The first-order valence-electron chi connectivity index (χ1n) is 21.1. The van der Waals surface area contributed by atoms with Crippen LogP contribution >= 0.6 is 0 Å². The van der Waals surface area contributed by atoms with Crippen LogP contribution in [0.4, 0.5) is 0 Å². The van der Waals surface area contributed by atoms with Gasteiger partial charge in [-0.3, -0.25) is 0 Å². The van der Waals surface area contributed by atoms with E-state index in [0.717, 1.165) is 19.3 Å². The molecule has 0 fully saturated rings. The van der Waals surface area contributed by atoms with Gasteiger partial charge in [0.25, 0.3) is 0 Å². The number of benzene rings is 3. The van der Waals surface area contributed by atoms with Crippen molar-refractivity contribution >= 4 is 91.4 Å². The van der Waals surface area contributed by atoms with E-state index in [2.05, 4.69) is 207 Å². The summed E-state index contributed by atoms with van der Waals surface area (Å²) in [7, 11) is -2.79. The van der Waals surface area contributed by atoms with E-state index in [9.17, 15) is 0 Å². The van der Waals surface area contributed by atoms with Gasteiger partial charge in [0.05, 0.1) is 0 Å². The van der Waals surface area contributed by atoms with E-state index in [1.54, 1.807) is 0 Å². The molecule has 0 N–H and O–H groups in total. The maximum atomic E-state index is 6.78. The summed E-state index contributed by atoms with van der Waals surface area (Å²) in [6, 6.07) is 28.8. The number of rotatable bonds is 15. The Morgan fingerprint density at radius 1 is 0.431 bits per heavy atom. The van der Waals surface area contributed by atoms with Gasteiger partial charge >= 0.3 is 366 Å². The fourth-order valence-corrected chi connectivity index (χ4v) is 19.2. The molecule has 3 heterocycles. The molecule has 311 valence electrons. The molecule has 3 unspecified atom stereocenters. The average Bonchev–Trinajstić information content (AvgIpc) is 3.81. The molecule has 0 amide bonds. The van der Waals surface area contributed by atoms with Gasteiger partial charge in [-0.15, -0.1) is 0 Å². The minimum atomic E-state index is -3.02. The second kappa shape index (κ2) is 18.0. The zero-order valence-electron chi connectivity index (χ0n) is 38.0. The Morgan fingerprint density at radius 3 is 0.914 bits per heavy atom. The summed E-state index contributed by atoms with van der Waals surface area (Å²) in [4.78, 5) is 0. The van der Waals surface area contributed by atoms with Crippen LogP contribution in [-0.4, -0.2) is 62.6 Å². The number of fused-ring (bicyclic) bond motifs is 3. The molecule has 3 aromatic heterocycles. The normalized spacial score (nSPS) is 14.9. The van der Waals surface area contributed by atoms with Crippen molar-refractivity contribution in [2.24, 2.45) is 16.2 Å². The predicted octanol–water partition coefficient (Wildman–Crippen LogP) is 11.7. The van der Waals surface area contributed by atoms with Crippen molar-refractivity contribution in [1.82, 2.24) is 13.7 Å². The molecule has 0 saturated carbocycles. The molecule has 0 aliphatic heterocycles. The monoisotopic (exact) mass is 1030 g/mol. The second-order valence-corrected chi connectivity index (χ2v) is 35.3. The number of aromatic nitrogens is 3. The van der Waals surface area contributed by atoms with Crippen molar-refractivity contribution in [3.05, 3.63) is 91.4 Å². The molecule has 3 radical (unpaired) electrons. The Hall–Kier alpha value is -2.31. The number of hydrogen-bond acceptors (Lipinski definition) is 3. The molecular formula is C48H69BiN3O3Si3. The first-order valence-corrected chi connectivity index (χ1v) is 33.5.